The average Bonchev–Trinajstić information content (AvgIpc) is 2.18. The summed E-state index contributed by atoms with van der Waals surface area (Å²) >= 11 is 3.31. The zero-order valence-corrected chi connectivity index (χ0v) is 10.5. The van der Waals surface area contributed by atoms with Crippen molar-refractivity contribution in [3.8, 4) is 0 Å². The van der Waals surface area contributed by atoms with E-state index in [4.69, 9.17) is 0 Å². The second kappa shape index (κ2) is 5.40. The van der Waals surface area contributed by atoms with E-state index in [2.05, 4.69) is 15.9 Å². The summed E-state index contributed by atoms with van der Waals surface area (Å²) in [5.74, 6) is 0.0258. The van der Waals surface area contributed by atoms with E-state index < -0.39 is 0 Å². The second-order valence-corrected chi connectivity index (χ2v) is 4.72. The third-order valence-corrected chi connectivity index (χ3v) is 2.91. The highest BCUT2D eigenvalue weighted by molar-refractivity contribution is 9.10. The molecule has 0 aromatic heterocycles. The Hall–Kier alpha value is -0.700. The van der Waals surface area contributed by atoms with Crippen molar-refractivity contribution in [2.24, 2.45) is 0 Å². The molecule has 0 saturated heterocycles. The largest absolute Gasteiger partial charge is 0.300 e. The Morgan fingerprint density at radius 1 is 1.53 bits per heavy atom. The zero-order chi connectivity index (χ0) is 11.4. The molecule has 1 atom stereocenters. The molecule has 1 aromatic carbocycles. The standard InChI is InChI=1S/C12H14BrFO/c1-8(3-4-9(2)15)11-7-10(13)5-6-12(11)14/h5-8H,3-4H2,1-2H3. The van der Waals surface area contributed by atoms with E-state index in [0.29, 0.717) is 18.4 Å². The number of rotatable bonds is 4. The summed E-state index contributed by atoms with van der Waals surface area (Å²) in [6.45, 7) is 3.50. The van der Waals surface area contributed by atoms with Gasteiger partial charge in [0.1, 0.15) is 11.6 Å². The Morgan fingerprint density at radius 2 is 2.20 bits per heavy atom. The van der Waals surface area contributed by atoms with Gasteiger partial charge in [-0.1, -0.05) is 22.9 Å². The summed E-state index contributed by atoms with van der Waals surface area (Å²) in [4.78, 5) is 10.8. The Labute approximate surface area is 97.8 Å². The van der Waals surface area contributed by atoms with Crippen LogP contribution < -0.4 is 0 Å². The van der Waals surface area contributed by atoms with E-state index in [-0.39, 0.29) is 17.5 Å². The summed E-state index contributed by atoms with van der Waals surface area (Å²) < 4.78 is 14.3. The molecule has 15 heavy (non-hydrogen) atoms. The van der Waals surface area contributed by atoms with Crippen molar-refractivity contribution in [2.45, 2.75) is 32.6 Å². The second-order valence-electron chi connectivity index (χ2n) is 3.81. The van der Waals surface area contributed by atoms with Crippen LogP contribution in [0.3, 0.4) is 0 Å². The van der Waals surface area contributed by atoms with Crippen LogP contribution in [0.4, 0.5) is 4.39 Å². The highest BCUT2D eigenvalue weighted by Gasteiger charge is 2.11. The summed E-state index contributed by atoms with van der Waals surface area (Å²) in [5, 5.41) is 0. The Kier molecular flexibility index (Phi) is 4.45. The van der Waals surface area contributed by atoms with Crippen LogP contribution >= 0.6 is 15.9 Å². The maximum atomic E-state index is 13.4. The van der Waals surface area contributed by atoms with Crippen LogP contribution in [0, 0.1) is 5.82 Å². The number of benzene rings is 1. The van der Waals surface area contributed by atoms with Crippen molar-refractivity contribution in [1.82, 2.24) is 0 Å². The van der Waals surface area contributed by atoms with E-state index in [0.717, 1.165) is 4.47 Å². The number of halogens is 2. The number of ketones is 1. The van der Waals surface area contributed by atoms with Gasteiger partial charge in [-0.05, 0) is 43.0 Å². The lowest BCUT2D eigenvalue weighted by molar-refractivity contribution is -0.117. The molecule has 1 rings (SSSR count). The summed E-state index contributed by atoms with van der Waals surface area (Å²) in [5.41, 5.74) is 0.672. The summed E-state index contributed by atoms with van der Waals surface area (Å²) in [6, 6.07) is 4.90. The molecule has 1 aromatic rings. The van der Waals surface area contributed by atoms with Gasteiger partial charge in [0.2, 0.25) is 0 Å². The molecule has 0 fully saturated rings. The van der Waals surface area contributed by atoms with Gasteiger partial charge in [0.25, 0.3) is 0 Å². The molecule has 0 bridgehead atoms. The molecule has 3 heteroatoms. The van der Waals surface area contributed by atoms with Gasteiger partial charge in [-0.25, -0.2) is 4.39 Å². The van der Waals surface area contributed by atoms with Crippen LogP contribution in [-0.4, -0.2) is 5.78 Å². The fraction of sp³-hybridized carbons (Fsp3) is 0.417. The van der Waals surface area contributed by atoms with E-state index in [1.54, 1.807) is 19.1 Å². The Balaban J connectivity index is 2.76. The van der Waals surface area contributed by atoms with Gasteiger partial charge in [-0.2, -0.15) is 0 Å². The van der Waals surface area contributed by atoms with Crippen LogP contribution in [0.15, 0.2) is 22.7 Å². The molecule has 0 aliphatic rings. The van der Waals surface area contributed by atoms with Crippen molar-refractivity contribution in [3.63, 3.8) is 0 Å². The first-order valence-corrected chi connectivity index (χ1v) is 5.74. The normalized spacial score (nSPS) is 12.5. The van der Waals surface area contributed by atoms with Crippen LogP contribution in [0.5, 0.6) is 0 Å². The van der Waals surface area contributed by atoms with Crippen LogP contribution in [0.25, 0.3) is 0 Å². The minimum absolute atomic E-state index is 0.0754. The van der Waals surface area contributed by atoms with Crippen molar-refractivity contribution in [3.05, 3.63) is 34.1 Å². The summed E-state index contributed by atoms with van der Waals surface area (Å²) in [6.07, 6.45) is 1.20. The van der Waals surface area contributed by atoms with Gasteiger partial charge in [0, 0.05) is 10.9 Å². The van der Waals surface area contributed by atoms with Gasteiger partial charge in [-0.15, -0.1) is 0 Å². The minimum atomic E-state index is -0.200. The highest BCUT2D eigenvalue weighted by Crippen LogP contribution is 2.26. The first-order chi connectivity index (χ1) is 7.00. The predicted molar refractivity (Wildman–Crippen MR) is 62.4 cm³/mol. The average molecular weight is 273 g/mol. The minimum Gasteiger partial charge on any atom is -0.300 e. The number of Topliss-reactive ketones (excluding diaryl/α,β-unsaturated/α-hetero) is 1. The lowest BCUT2D eigenvalue weighted by atomic mass is 9.95. The van der Waals surface area contributed by atoms with Crippen molar-refractivity contribution >= 4 is 21.7 Å². The van der Waals surface area contributed by atoms with Gasteiger partial charge >= 0.3 is 0 Å². The van der Waals surface area contributed by atoms with Crippen LogP contribution in [-0.2, 0) is 4.79 Å². The van der Waals surface area contributed by atoms with E-state index in [1.165, 1.54) is 6.07 Å². The summed E-state index contributed by atoms with van der Waals surface area (Å²) in [7, 11) is 0. The lowest BCUT2D eigenvalue weighted by Crippen LogP contribution is -2.00. The van der Waals surface area contributed by atoms with Crippen molar-refractivity contribution in [2.75, 3.05) is 0 Å². The molecule has 1 unspecified atom stereocenters. The molecular weight excluding hydrogens is 259 g/mol. The monoisotopic (exact) mass is 272 g/mol. The fourth-order valence-corrected chi connectivity index (χ4v) is 1.85. The van der Waals surface area contributed by atoms with Crippen molar-refractivity contribution in [1.29, 1.82) is 0 Å². The number of hydrogen-bond donors (Lipinski definition) is 0. The molecule has 0 amide bonds. The zero-order valence-electron chi connectivity index (χ0n) is 8.89. The Morgan fingerprint density at radius 3 is 2.80 bits per heavy atom. The third kappa shape index (κ3) is 3.74. The topological polar surface area (TPSA) is 17.1 Å². The van der Waals surface area contributed by atoms with Crippen LogP contribution in [0.1, 0.15) is 38.2 Å². The smallest absolute Gasteiger partial charge is 0.129 e. The van der Waals surface area contributed by atoms with E-state index in [1.807, 2.05) is 6.92 Å². The number of carbonyl (C=O) groups excluding carboxylic acids is 1. The molecule has 0 N–H and O–H groups in total. The molecule has 0 saturated carbocycles. The van der Waals surface area contributed by atoms with Gasteiger partial charge in [-0.3, -0.25) is 0 Å². The molecule has 0 aliphatic carbocycles. The molecule has 0 radical (unpaired) electrons. The number of carbonyl (C=O) groups is 1. The molecule has 1 nitrogen and oxygen atoms in total. The van der Waals surface area contributed by atoms with Gasteiger partial charge in [0.15, 0.2) is 0 Å². The van der Waals surface area contributed by atoms with Gasteiger partial charge < -0.3 is 4.79 Å². The fourth-order valence-electron chi connectivity index (χ4n) is 1.47. The highest BCUT2D eigenvalue weighted by atomic mass is 79.9. The van der Waals surface area contributed by atoms with E-state index in [9.17, 15) is 9.18 Å². The molecule has 0 spiro atoms. The SMILES string of the molecule is CC(=O)CCC(C)c1cc(Br)ccc1F. The van der Waals surface area contributed by atoms with Gasteiger partial charge in [0.05, 0.1) is 0 Å². The predicted octanol–water partition coefficient (Wildman–Crippen LogP) is 4.06. The maximum absolute atomic E-state index is 13.4. The lowest BCUT2D eigenvalue weighted by Gasteiger charge is -2.12. The number of hydrogen-bond acceptors (Lipinski definition) is 1. The maximum Gasteiger partial charge on any atom is 0.129 e. The van der Waals surface area contributed by atoms with Crippen molar-refractivity contribution < 1.29 is 9.18 Å². The molecular formula is C12H14BrFO. The first-order valence-electron chi connectivity index (χ1n) is 4.95. The quantitative estimate of drug-likeness (QED) is 0.808. The van der Waals surface area contributed by atoms with E-state index >= 15 is 0 Å². The first kappa shape index (κ1) is 12.4. The Bertz CT molecular complexity index is 363. The third-order valence-electron chi connectivity index (χ3n) is 2.42. The van der Waals surface area contributed by atoms with Crippen LogP contribution in [0.2, 0.25) is 0 Å². The molecule has 82 valence electrons. The molecule has 0 aliphatic heterocycles. The molecule has 0 heterocycles.